The summed E-state index contributed by atoms with van der Waals surface area (Å²) in [5.74, 6) is 1.27. The third kappa shape index (κ3) is 3.19. The van der Waals surface area contributed by atoms with Crippen molar-refractivity contribution in [3.63, 3.8) is 0 Å². The molecule has 4 nitrogen and oxygen atoms in total. The topological polar surface area (TPSA) is 44.8 Å². The molecule has 0 heterocycles. The fourth-order valence-corrected chi connectivity index (χ4v) is 2.24. The van der Waals surface area contributed by atoms with E-state index in [0.29, 0.717) is 28.4 Å². The summed E-state index contributed by atoms with van der Waals surface area (Å²) in [6, 6.07) is 10.5. The van der Waals surface area contributed by atoms with Crippen molar-refractivity contribution < 1.29 is 19.0 Å². The quantitative estimate of drug-likeness (QED) is 0.771. The number of ether oxygens (including phenoxy) is 3. The molecule has 0 aromatic heterocycles. The third-order valence-electron chi connectivity index (χ3n) is 3.03. The van der Waals surface area contributed by atoms with E-state index in [4.69, 9.17) is 14.2 Å². The van der Waals surface area contributed by atoms with Crippen LogP contribution in [0.3, 0.4) is 0 Å². The van der Waals surface area contributed by atoms with Gasteiger partial charge >= 0.3 is 0 Å². The molecule has 0 bridgehead atoms. The minimum atomic E-state index is -0.109. The number of hydrogen-bond acceptors (Lipinski definition) is 4. The molecule has 2 rings (SSSR count). The van der Waals surface area contributed by atoms with Crippen molar-refractivity contribution in [2.24, 2.45) is 0 Å². The minimum absolute atomic E-state index is 0.109. The Labute approximate surface area is 131 Å². The van der Waals surface area contributed by atoms with E-state index in [-0.39, 0.29) is 5.78 Å². The lowest BCUT2D eigenvalue weighted by Crippen LogP contribution is -2.04. The molecule has 0 aliphatic heterocycles. The van der Waals surface area contributed by atoms with Crippen molar-refractivity contribution in [3.05, 3.63) is 52.0 Å². The number of carbonyl (C=O) groups is 1. The predicted molar refractivity (Wildman–Crippen MR) is 83.7 cm³/mol. The van der Waals surface area contributed by atoms with Crippen LogP contribution in [-0.2, 0) is 0 Å². The first kappa shape index (κ1) is 15.4. The van der Waals surface area contributed by atoms with Gasteiger partial charge in [0.15, 0.2) is 17.3 Å². The van der Waals surface area contributed by atoms with E-state index in [0.717, 1.165) is 4.47 Å². The van der Waals surface area contributed by atoms with E-state index in [1.807, 2.05) is 12.1 Å². The zero-order valence-electron chi connectivity index (χ0n) is 12.0. The molecule has 0 unspecified atom stereocenters. The zero-order chi connectivity index (χ0) is 15.4. The van der Waals surface area contributed by atoms with E-state index in [9.17, 15) is 4.79 Å². The van der Waals surface area contributed by atoms with Crippen molar-refractivity contribution in [3.8, 4) is 17.2 Å². The molecule has 0 saturated carbocycles. The summed E-state index contributed by atoms with van der Waals surface area (Å²) >= 11 is 3.35. The number of carbonyl (C=O) groups excluding carboxylic acids is 1. The first-order valence-corrected chi connectivity index (χ1v) is 7.00. The molecule has 0 spiro atoms. The molecule has 0 N–H and O–H groups in total. The van der Waals surface area contributed by atoms with Crippen molar-refractivity contribution in [1.29, 1.82) is 0 Å². The molecule has 0 aliphatic carbocycles. The number of benzene rings is 2. The Kier molecular flexibility index (Phi) is 4.85. The molecule has 21 heavy (non-hydrogen) atoms. The van der Waals surface area contributed by atoms with Crippen molar-refractivity contribution in [2.75, 3.05) is 21.3 Å². The Balaban J connectivity index is 2.48. The van der Waals surface area contributed by atoms with Gasteiger partial charge in [-0.2, -0.15) is 0 Å². The Hall–Kier alpha value is -2.01. The van der Waals surface area contributed by atoms with E-state index in [2.05, 4.69) is 15.9 Å². The predicted octanol–water partition coefficient (Wildman–Crippen LogP) is 3.71. The second-order valence-electron chi connectivity index (χ2n) is 4.25. The average molecular weight is 351 g/mol. The van der Waals surface area contributed by atoms with Crippen LogP contribution in [0.1, 0.15) is 15.9 Å². The van der Waals surface area contributed by atoms with Crippen molar-refractivity contribution in [2.45, 2.75) is 0 Å². The van der Waals surface area contributed by atoms with E-state index in [1.54, 1.807) is 24.3 Å². The van der Waals surface area contributed by atoms with Gasteiger partial charge in [0.1, 0.15) is 0 Å². The molecule has 2 aromatic rings. The molecule has 0 aliphatic rings. The van der Waals surface area contributed by atoms with Crippen molar-refractivity contribution in [1.82, 2.24) is 0 Å². The van der Waals surface area contributed by atoms with Crippen LogP contribution in [0.15, 0.2) is 40.9 Å². The van der Waals surface area contributed by atoms with Gasteiger partial charge in [0, 0.05) is 15.6 Å². The van der Waals surface area contributed by atoms with Gasteiger partial charge in [0.25, 0.3) is 0 Å². The Morgan fingerprint density at radius 2 is 1.38 bits per heavy atom. The van der Waals surface area contributed by atoms with Crippen molar-refractivity contribution >= 4 is 21.7 Å². The maximum absolute atomic E-state index is 12.5. The molecular weight excluding hydrogens is 336 g/mol. The standard InChI is InChI=1S/C16H15BrO4/c1-19-13-8-11(9-14(20-2)16(13)21-3)15(18)10-4-6-12(17)7-5-10/h4-9H,1-3H3. The highest BCUT2D eigenvalue weighted by molar-refractivity contribution is 9.10. The summed E-state index contributed by atoms with van der Waals surface area (Å²) in [5.41, 5.74) is 1.07. The summed E-state index contributed by atoms with van der Waals surface area (Å²) in [6.07, 6.45) is 0. The molecule has 0 atom stereocenters. The van der Waals surface area contributed by atoms with Gasteiger partial charge in [-0.15, -0.1) is 0 Å². The second kappa shape index (κ2) is 6.63. The first-order valence-electron chi connectivity index (χ1n) is 6.21. The fraction of sp³-hybridized carbons (Fsp3) is 0.188. The summed E-state index contributed by atoms with van der Waals surface area (Å²) in [7, 11) is 4.56. The van der Waals surface area contributed by atoms with Crippen LogP contribution in [-0.4, -0.2) is 27.1 Å². The number of halogens is 1. The van der Waals surface area contributed by atoms with Crippen LogP contribution < -0.4 is 14.2 Å². The van der Waals surface area contributed by atoms with Crippen LogP contribution in [0.5, 0.6) is 17.2 Å². The molecule has 2 aromatic carbocycles. The highest BCUT2D eigenvalue weighted by Crippen LogP contribution is 2.38. The first-order chi connectivity index (χ1) is 10.1. The minimum Gasteiger partial charge on any atom is -0.493 e. The van der Waals surface area contributed by atoms with Gasteiger partial charge in [-0.05, 0) is 36.4 Å². The maximum atomic E-state index is 12.5. The Morgan fingerprint density at radius 1 is 0.857 bits per heavy atom. The smallest absolute Gasteiger partial charge is 0.203 e. The molecule has 0 radical (unpaired) electrons. The number of methoxy groups -OCH3 is 3. The highest BCUT2D eigenvalue weighted by Gasteiger charge is 2.17. The third-order valence-corrected chi connectivity index (χ3v) is 3.56. The molecule has 0 fully saturated rings. The maximum Gasteiger partial charge on any atom is 0.203 e. The van der Waals surface area contributed by atoms with E-state index < -0.39 is 0 Å². The SMILES string of the molecule is COc1cc(C(=O)c2ccc(Br)cc2)cc(OC)c1OC. The number of rotatable bonds is 5. The lowest BCUT2D eigenvalue weighted by Gasteiger charge is -2.13. The largest absolute Gasteiger partial charge is 0.493 e. The van der Waals surface area contributed by atoms with Gasteiger partial charge < -0.3 is 14.2 Å². The Bertz CT molecular complexity index is 625. The summed E-state index contributed by atoms with van der Waals surface area (Å²) < 4.78 is 16.7. The molecule has 0 saturated heterocycles. The molecule has 5 heteroatoms. The summed E-state index contributed by atoms with van der Waals surface area (Å²) in [4.78, 5) is 12.5. The van der Waals surface area contributed by atoms with Crippen LogP contribution in [0.25, 0.3) is 0 Å². The van der Waals surface area contributed by atoms with Gasteiger partial charge in [0.05, 0.1) is 21.3 Å². The van der Waals surface area contributed by atoms with E-state index in [1.165, 1.54) is 21.3 Å². The molecule has 110 valence electrons. The van der Waals surface area contributed by atoms with Crippen LogP contribution >= 0.6 is 15.9 Å². The number of ketones is 1. The monoisotopic (exact) mass is 350 g/mol. The summed E-state index contributed by atoms with van der Waals surface area (Å²) in [5, 5.41) is 0. The number of hydrogen-bond donors (Lipinski definition) is 0. The van der Waals surface area contributed by atoms with Gasteiger partial charge in [-0.25, -0.2) is 0 Å². The molecule has 0 amide bonds. The van der Waals surface area contributed by atoms with Crippen LogP contribution in [0.2, 0.25) is 0 Å². The lowest BCUT2D eigenvalue weighted by atomic mass is 10.0. The van der Waals surface area contributed by atoms with Crippen LogP contribution in [0, 0.1) is 0 Å². The van der Waals surface area contributed by atoms with Gasteiger partial charge in [-0.1, -0.05) is 15.9 Å². The molecular formula is C16H15BrO4. The summed E-state index contributed by atoms with van der Waals surface area (Å²) in [6.45, 7) is 0. The zero-order valence-corrected chi connectivity index (χ0v) is 13.6. The van der Waals surface area contributed by atoms with E-state index >= 15 is 0 Å². The Morgan fingerprint density at radius 3 is 1.81 bits per heavy atom. The second-order valence-corrected chi connectivity index (χ2v) is 5.17. The lowest BCUT2D eigenvalue weighted by molar-refractivity contribution is 0.103. The average Bonchev–Trinajstić information content (AvgIpc) is 2.53. The van der Waals surface area contributed by atoms with Crippen LogP contribution in [0.4, 0.5) is 0 Å². The highest BCUT2D eigenvalue weighted by atomic mass is 79.9. The normalized spacial score (nSPS) is 10.1. The van der Waals surface area contributed by atoms with Gasteiger partial charge in [-0.3, -0.25) is 4.79 Å². The van der Waals surface area contributed by atoms with Gasteiger partial charge in [0.2, 0.25) is 5.75 Å². The fourth-order valence-electron chi connectivity index (χ4n) is 1.98.